The lowest BCUT2D eigenvalue weighted by atomic mass is 10.1. The van der Waals surface area contributed by atoms with Crippen molar-refractivity contribution in [2.24, 2.45) is 0 Å². The number of para-hydroxylation sites is 1. The quantitative estimate of drug-likeness (QED) is 0.534. The van der Waals surface area contributed by atoms with Gasteiger partial charge in [-0.05, 0) is 30.9 Å². The smallest absolute Gasteiger partial charge is 0.291 e. The predicted molar refractivity (Wildman–Crippen MR) is 97.6 cm³/mol. The fourth-order valence-corrected chi connectivity index (χ4v) is 3.06. The Morgan fingerprint density at radius 2 is 1.62 bits per heavy atom. The Bertz CT molecular complexity index is 1080. The summed E-state index contributed by atoms with van der Waals surface area (Å²) in [4.78, 5) is 12.7. The number of aryl methyl sites for hydroxylation is 2. The molecule has 3 nitrogen and oxygen atoms in total. The van der Waals surface area contributed by atoms with E-state index in [2.05, 4.69) is 11.4 Å². The first-order valence-electron chi connectivity index (χ1n) is 7.93. The van der Waals surface area contributed by atoms with Gasteiger partial charge in [-0.3, -0.25) is 4.79 Å². The van der Waals surface area contributed by atoms with Crippen molar-refractivity contribution in [2.45, 2.75) is 13.8 Å². The van der Waals surface area contributed by atoms with Gasteiger partial charge in [0.1, 0.15) is 5.58 Å². The Labute approximate surface area is 139 Å². The van der Waals surface area contributed by atoms with E-state index < -0.39 is 0 Å². The van der Waals surface area contributed by atoms with E-state index in [9.17, 15) is 4.79 Å². The number of carbonyl (C=O) groups is 1. The molecule has 118 valence electrons. The Balaban J connectivity index is 1.82. The van der Waals surface area contributed by atoms with Crippen LogP contribution in [-0.2, 0) is 0 Å². The zero-order valence-electron chi connectivity index (χ0n) is 13.6. The topological polar surface area (TPSA) is 42.2 Å². The third-order valence-corrected chi connectivity index (χ3v) is 4.43. The van der Waals surface area contributed by atoms with Crippen LogP contribution in [-0.4, -0.2) is 5.91 Å². The number of carbonyl (C=O) groups excluding carboxylic acids is 1. The summed E-state index contributed by atoms with van der Waals surface area (Å²) in [6, 6.07) is 19.8. The van der Waals surface area contributed by atoms with Gasteiger partial charge in [0.05, 0.1) is 0 Å². The molecule has 0 atom stereocenters. The molecule has 0 unspecified atom stereocenters. The third-order valence-electron chi connectivity index (χ3n) is 4.43. The maximum atomic E-state index is 12.7. The summed E-state index contributed by atoms with van der Waals surface area (Å²) in [7, 11) is 0. The van der Waals surface area contributed by atoms with Crippen molar-refractivity contribution in [2.75, 3.05) is 5.32 Å². The van der Waals surface area contributed by atoms with Gasteiger partial charge in [-0.15, -0.1) is 0 Å². The third kappa shape index (κ3) is 2.26. The summed E-state index contributed by atoms with van der Waals surface area (Å²) in [5.41, 5.74) is 3.44. The Hall–Kier alpha value is -3.07. The number of furan rings is 1. The van der Waals surface area contributed by atoms with Crippen LogP contribution in [0.2, 0.25) is 0 Å². The van der Waals surface area contributed by atoms with Crippen molar-refractivity contribution in [3.05, 3.63) is 77.6 Å². The van der Waals surface area contributed by atoms with Crippen molar-refractivity contribution < 1.29 is 9.21 Å². The average molecular weight is 315 g/mol. The number of anilines is 1. The van der Waals surface area contributed by atoms with Gasteiger partial charge in [0.15, 0.2) is 5.76 Å². The Kier molecular flexibility index (Phi) is 3.35. The van der Waals surface area contributed by atoms with Crippen LogP contribution in [0.4, 0.5) is 5.69 Å². The molecule has 4 aromatic rings. The number of benzene rings is 3. The second kappa shape index (κ2) is 5.53. The van der Waals surface area contributed by atoms with Crippen molar-refractivity contribution in [1.29, 1.82) is 0 Å². The van der Waals surface area contributed by atoms with E-state index in [1.807, 2.05) is 68.4 Å². The molecule has 1 amide bonds. The summed E-state index contributed by atoms with van der Waals surface area (Å²) < 4.78 is 5.97. The highest BCUT2D eigenvalue weighted by molar-refractivity contribution is 6.11. The van der Waals surface area contributed by atoms with Crippen LogP contribution in [0.5, 0.6) is 0 Å². The first-order valence-corrected chi connectivity index (χ1v) is 7.93. The second-order valence-electron chi connectivity index (χ2n) is 5.99. The second-order valence-corrected chi connectivity index (χ2v) is 5.99. The number of fused-ring (bicyclic) bond motifs is 3. The zero-order chi connectivity index (χ0) is 16.7. The normalized spacial score (nSPS) is 11.1. The number of amides is 1. The molecular formula is C21H17NO2. The van der Waals surface area contributed by atoms with Crippen LogP contribution in [0.25, 0.3) is 21.7 Å². The largest absolute Gasteiger partial charge is 0.450 e. The van der Waals surface area contributed by atoms with Crippen LogP contribution in [0.3, 0.4) is 0 Å². The van der Waals surface area contributed by atoms with E-state index in [1.165, 1.54) is 0 Å². The minimum atomic E-state index is -0.220. The number of rotatable bonds is 2. The molecule has 24 heavy (non-hydrogen) atoms. The molecule has 0 saturated carbocycles. The molecule has 0 fully saturated rings. The molecule has 1 heterocycles. The molecular weight excluding hydrogens is 298 g/mol. The van der Waals surface area contributed by atoms with Gasteiger partial charge in [-0.2, -0.15) is 0 Å². The van der Waals surface area contributed by atoms with Gasteiger partial charge in [0, 0.05) is 22.0 Å². The maximum Gasteiger partial charge on any atom is 0.291 e. The Morgan fingerprint density at radius 1 is 0.875 bits per heavy atom. The molecule has 0 aliphatic heterocycles. The zero-order valence-corrected chi connectivity index (χ0v) is 13.6. The van der Waals surface area contributed by atoms with Crippen LogP contribution >= 0.6 is 0 Å². The monoisotopic (exact) mass is 315 g/mol. The van der Waals surface area contributed by atoms with Gasteiger partial charge in [-0.25, -0.2) is 0 Å². The van der Waals surface area contributed by atoms with Gasteiger partial charge in [-0.1, -0.05) is 54.6 Å². The minimum Gasteiger partial charge on any atom is -0.450 e. The van der Waals surface area contributed by atoms with Crippen LogP contribution in [0.15, 0.2) is 65.1 Å². The Morgan fingerprint density at radius 3 is 2.46 bits per heavy atom. The standard InChI is InChI=1S/C21H17NO2/c1-13-7-3-6-10-18(13)22-21(23)19-14(2)16-12-11-15-8-4-5-9-17(15)20(16)24-19/h3-12H,1-2H3,(H,22,23). The van der Waals surface area contributed by atoms with Crippen molar-refractivity contribution in [3.8, 4) is 0 Å². The van der Waals surface area contributed by atoms with Crippen LogP contribution < -0.4 is 5.32 Å². The number of hydrogen-bond acceptors (Lipinski definition) is 2. The summed E-state index contributed by atoms with van der Waals surface area (Å²) in [6.45, 7) is 3.89. The van der Waals surface area contributed by atoms with Crippen LogP contribution in [0, 0.1) is 13.8 Å². The van der Waals surface area contributed by atoms with Gasteiger partial charge >= 0.3 is 0 Å². The van der Waals surface area contributed by atoms with Gasteiger partial charge in [0.2, 0.25) is 0 Å². The van der Waals surface area contributed by atoms with Gasteiger partial charge < -0.3 is 9.73 Å². The van der Waals surface area contributed by atoms with E-state index in [0.29, 0.717) is 5.76 Å². The SMILES string of the molecule is Cc1ccccc1NC(=O)c1oc2c(ccc3ccccc32)c1C. The first kappa shape index (κ1) is 14.5. The van der Waals surface area contributed by atoms with E-state index in [-0.39, 0.29) is 5.91 Å². The van der Waals surface area contributed by atoms with Gasteiger partial charge in [0.25, 0.3) is 5.91 Å². The summed E-state index contributed by atoms with van der Waals surface area (Å²) in [5.74, 6) is 0.145. The maximum absolute atomic E-state index is 12.7. The highest BCUT2D eigenvalue weighted by Gasteiger charge is 2.19. The molecule has 0 spiro atoms. The number of hydrogen-bond donors (Lipinski definition) is 1. The highest BCUT2D eigenvalue weighted by Crippen LogP contribution is 2.32. The lowest BCUT2D eigenvalue weighted by Gasteiger charge is -2.06. The highest BCUT2D eigenvalue weighted by atomic mass is 16.3. The lowest BCUT2D eigenvalue weighted by Crippen LogP contribution is -2.12. The molecule has 4 rings (SSSR count). The molecule has 1 aromatic heterocycles. The fraction of sp³-hybridized carbons (Fsp3) is 0.0952. The minimum absolute atomic E-state index is 0.220. The van der Waals surface area contributed by atoms with E-state index in [1.54, 1.807) is 0 Å². The average Bonchev–Trinajstić information content (AvgIpc) is 2.94. The van der Waals surface area contributed by atoms with Crippen molar-refractivity contribution in [3.63, 3.8) is 0 Å². The molecule has 3 aromatic carbocycles. The van der Waals surface area contributed by atoms with Crippen molar-refractivity contribution >= 4 is 33.3 Å². The molecule has 0 aliphatic carbocycles. The summed E-state index contributed by atoms with van der Waals surface area (Å²) in [6.07, 6.45) is 0. The molecule has 3 heteroatoms. The molecule has 0 saturated heterocycles. The van der Waals surface area contributed by atoms with E-state index in [4.69, 9.17) is 4.42 Å². The summed E-state index contributed by atoms with van der Waals surface area (Å²) in [5, 5.41) is 6.04. The van der Waals surface area contributed by atoms with E-state index >= 15 is 0 Å². The number of nitrogens with one attached hydrogen (secondary N) is 1. The fourth-order valence-electron chi connectivity index (χ4n) is 3.06. The molecule has 0 aliphatic rings. The van der Waals surface area contributed by atoms with E-state index in [0.717, 1.165) is 38.6 Å². The first-order chi connectivity index (χ1) is 11.6. The van der Waals surface area contributed by atoms with Crippen LogP contribution in [0.1, 0.15) is 21.7 Å². The predicted octanol–water partition coefficient (Wildman–Crippen LogP) is 5.46. The summed E-state index contributed by atoms with van der Waals surface area (Å²) >= 11 is 0. The molecule has 0 radical (unpaired) electrons. The van der Waals surface area contributed by atoms with Crippen molar-refractivity contribution in [1.82, 2.24) is 0 Å². The molecule has 1 N–H and O–H groups in total. The molecule has 0 bridgehead atoms. The lowest BCUT2D eigenvalue weighted by molar-refractivity contribution is 0.0998.